The largest absolute Gasteiger partial charge is 0.456 e. The maximum absolute atomic E-state index is 6.16. The molecule has 12 rings (SSSR count). The summed E-state index contributed by atoms with van der Waals surface area (Å²) in [6.07, 6.45) is 0. The first-order valence-electron chi connectivity index (χ1n) is 20.2. The molecule has 1 aliphatic rings. The molecule has 0 radical (unpaired) electrons. The van der Waals surface area contributed by atoms with Crippen molar-refractivity contribution in [3.05, 3.63) is 205 Å². The summed E-state index contributed by atoms with van der Waals surface area (Å²) >= 11 is 0. The van der Waals surface area contributed by atoms with Crippen LogP contribution in [0.2, 0.25) is 0 Å². The Kier molecular flexibility index (Phi) is 7.04. The van der Waals surface area contributed by atoms with Gasteiger partial charge in [-0.2, -0.15) is 0 Å². The lowest BCUT2D eigenvalue weighted by atomic mass is 9.81. The van der Waals surface area contributed by atoms with Crippen molar-refractivity contribution < 1.29 is 4.42 Å². The van der Waals surface area contributed by atoms with Crippen molar-refractivity contribution in [1.82, 2.24) is 0 Å². The van der Waals surface area contributed by atoms with Gasteiger partial charge in [-0.1, -0.05) is 172 Å². The van der Waals surface area contributed by atoms with E-state index in [0.717, 1.165) is 21.9 Å². The summed E-state index contributed by atoms with van der Waals surface area (Å²) in [4.78, 5) is 0. The number of benzene rings is 10. The van der Waals surface area contributed by atoms with E-state index in [9.17, 15) is 0 Å². The molecular formula is C57H38O. The molecule has 0 unspecified atom stereocenters. The van der Waals surface area contributed by atoms with Crippen LogP contribution in [0.4, 0.5) is 0 Å². The van der Waals surface area contributed by atoms with Crippen molar-refractivity contribution in [1.29, 1.82) is 0 Å². The normalized spacial score (nSPS) is 13.1. The SMILES string of the molecule is CC1(C)c2cc3ccccc3cc2-c2c(-c3ccc(-c4c5ccccc5c(-c5cccc(-c6ccc7oc8ccccc8c7c6)c5)c5ccccc45)cc3)cccc21. The van der Waals surface area contributed by atoms with Gasteiger partial charge in [-0.3, -0.25) is 0 Å². The van der Waals surface area contributed by atoms with Crippen LogP contribution in [0.25, 0.3) is 110 Å². The van der Waals surface area contributed by atoms with Crippen molar-refractivity contribution in [3.63, 3.8) is 0 Å². The van der Waals surface area contributed by atoms with Crippen molar-refractivity contribution >= 4 is 54.3 Å². The third-order valence-electron chi connectivity index (χ3n) is 12.8. The summed E-state index contributed by atoms with van der Waals surface area (Å²) in [6.45, 7) is 4.74. The highest BCUT2D eigenvalue weighted by molar-refractivity contribution is 6.21. The first kappa shape index (κ1) is 33.0. The summed E-state index contributed by atoms with van der Waals surface area (Å²) < 4.78 is 6.16. The molecule has 0 saturated heterocycles. The molecule has 0 N–H and O–H groups in total. The van der Waals surface area contributed by atoms with Gasteiger partial charge in [0.2, 0.25) is 0 Å². The van der Waals surface area contributed by atoms with E-state index in [1.54, 1.807) is 0 Å². The second-order valence-corrected chi connectivity index (χ2v) is 16.4. The fraction of sp³-hybridized carbons (Fsp3) is 0.0526. The molecule has 272 valence electrons. The molecule has 0 atom stereocenters. The monoisotopic (exact) mass is 738 g/mol. The third-order valence-corrected chi connectivity index (χ3v) is 12.8. The highest BCUT2D eigenvalue weighted by Crippen LogP contribution is 2.53. The van der Waals surface area contributed by atoms with Gasteiger partial charge in [0.25, 0.3) is 0 Å². The molecule has 0 spiro atoms. The van der Waals surface area contributed by atoms with Crippen LogP contribution >= 0.6 is 0 Å². The molecule has 1 aromatic heterocycles. The van der Waals surface area contributed by atoms with Crippen LogP contribution in [-0.4, -0.2) is 0 Å². The Bertz CT molecular complexity index is 3410. The molecule has 0 aliphatic heterocycles. The molecule has 11 aromatic rings. The van der Waals surface area contributed by atoms with E-state index < -0.39 is 0 Å². The summed E-state index contributed by atoms with van der Waals surface area (Å²) in [5.41, 5.74) is 17.1. The van der Waals surface area contributed by atoms with Crippen molar-refractivity contribution in [2.24, 2.45) is 0 Å². The minimum Gasteiger partial charge on any atom is -0.456 e. The average Bonchev–Trinajstić information content (AvgIpc) is 3.76. The molecular weight excluding hydrogens is 701 g/mol. The number of furan rings is 1. The topological polar surface area (TPSA) is 13.1 Å². The molecule has 0 saturated carbocycles. The van der Waals surface area contributed by atoms with E-state index in [2.05, 4.69) is 196 Å². The lowest BCUT2D eigenvalue weighted by Gasteiger charge is -2.22. The molecule has 0 fully saturated rings. The lowest BCUT2D eigenvalue weighted by molar-refractivity contribution is 0.661. The van der Waals surface area contributed by atoms with Crippen molar-refractivity contribution in [2.45, 2.75) is 19.3 Å². The summed E-state index contributed by atoms with van der Waals surface area (Å²) in [6, 6.07) is 71.5. The standard InChI is InChI=1S/C57H38O/c1-57(2)50-23-12-22-42(56(50)49-33-38-13-3-4-14-39(38)34-51(49)57)35-25-27-36(28-26-35)54-44-18-5-7-20-46(44)55(47-21-8-6-19-45(47)54)41-16-11-15-37(31-41)40-29-30-53-48(32-40)43-17-9-10-24-52(43)58-53/h3-34H,1-2H3. The predicted molar refractivity (Wildman–Crippen MR) is 246 cm³/mol. The van der Waals surface area contributed by atoms with Crippen LogP contribution in [0, 0.1) is 0 Å². The van der Waals surface area contributed by atoms with Gasteiger partial charge in [-0.25, -0.2) is 0 Å². The molecule has 1 heterocycles. The highest BCUT2D eigenvalue weighted by atomic mass is 16.3. The van der Waals surface area contributed by atoms with E-state index in [1.807, 2.05) is 12.1 Å². The van der Waals surface area contributed by atoms with E-state index in [1.165, 1.54) is 99.1 Å². The maximum atomic E-state index is 6.16. The zero-order chi connectivity index (χ0) is 38.5. The molecule has 1 heteroatoms. The highest BCUT2D eigenvalue weighted by Gasteiger charge is 2.37. The van der Waals surface area contributed by atoms with E-state index in [0.29, 0.717) is 0 Å². The molecule has 0 bridgehead atoms. The van der Waals surface area contributed by atoms with Gasteiger partial charge in [0.1, 0.15) is 11.2 Å². The van der Waals surface area contributed by atoms with Crippen LogP contribution in [0.5, 0.6) is 0 Å². The lowest BCUT2D eigenvalue weighted by Crippen LogP contribution is -2.14. The van der Waals surface area contributed by atoms with Crippen LogP contribution in [0.15, 0.2) is 199 Å². The second-order valence-electron chi connectivity index (χ2n) is 16.4. The van der Waals surface area contributed by atoms with Crippen molar-refractivity contribution in [3.8, 4) is 55.6 Å². The molecule has 1 aliphatic carbocycles. The van der Waals surface area contributed by atoms with E-state index in [-0.39, 0.29) is 5.41 Å². The number of fused-ring (bicyclic) bond motifs is 9. The smallest absolute Gasteiger partial charge is 0.135 e. The van der Waals surface area contributed by atoms with Gasteiger partial charge in [0.15, 0.2) is 0 Å². The number of rotatable bonds is 4. The Labute approximate surface area is 337 Å². The summed E-state index contributed by atoms with van der Waals surface area (Å²) in [5.74, 6) is 0. The Morgan fingerprint density at radius 1 is 0.310 bits per heavy atom. The quantitative estimate of drug-likeness (QED) is 0.164. The molecule has 0 amide bonds. The third kappa shape index (κ3) is 4.83. The van der Waals surface area contributed by atoms with E-state index in [4.69, 9.17) is 4.42 Å². The number of hydrogen-bond donors (Lipinski definition) is 0. The van der Waals surface area contributed by atoms with Crippen LogP contribution in [0.1, 0.15) is 25.0 Å². The van der Waals surface area contributed by atoms with Crippen LogP contribution in [0.3, 0.4) is 0 Å². The van der Waals surface area contributed by atoms with E-state index >= 15 is 0 Å². The maximum Gasteiger partial charge on any atom is 0.135 e. The van der Waals surface area contributed by atoms with Gasteiger partial charge < -0.3 is 4.42 Å². The van der Waals surface area contributed by atoms with Gasteiger partial charge in [-0.15, -0.1) is 0 Å². The zero-order valence-electron chi connectivity index (χ0n) is 32.4. The number of hydrogen-bond acceptors (Lipinski definition) is 1. The molecule has 10 aromatic carbocycles. The van der Waals surface area contributed by atoms with Gasteiger partial charge in [-0.05, 0) is 135 Å². The van der Waals surface area contributed by atoms with Gasteiger partial charge >= 0.3 is 0 Å². The summed E-state index contributed by atoms with van der Waals surface area (Å²) in [7, 11) is 0. The zero-order valence-corrected chi connectivity index (χ0v) is 32.4. The van der Waals surface area contributed by atoms with Crippen molar-refractivity contribution in [2.75, 3.05) is 0 Å². The van der Waals surface area contributed by atoms with Crippen LogP contribution in [-0.2, 0) is 5.41 Å². The number of para-hydroxylation sites is 1. The Morgan fingerprint density at radius 2 is 0.845 bits per heavy atom. The predicted octanol–water partition coefficient (Wildman–Crippen LogP) is 16.0. The summed E-state index contributed by atoms with van der Waals surface area (Å²) in [5, 5.41) is 9.88. The molecule has 58 heavy (non-hydrogen) atoms. The fourth-order valence-corrected chi connectivity index (χ4v) is 10.0. The average molecular weight is 739 g/mol. The van der Waals surface area contributed by atoms with Gasteiger partial charge in [0, 0.05) is 16.2 Å². The molecule has 1 nitrogen and oxygen atoms in total. The first-order valence-corrected chi connectivity index (χ1v) is 20.2. The Balaban J connectivity index is 0.993. The minimum atomic E-state index is -0.0773. The first-order chi connectivity index (χ1) is 28.5. The Hall–Kier alpha value is -7.22. The fourth-order valence-electron chi connectivity index (χ4n) is 10.0. The van der Waals surface area contributed by atoms with Gasteiger partial charge in [0.05, 0.1) is 0 Å². The Morgan fingerprint density at radius 3 is 1.57 bits per heavy atom. The second kappa shape index (κ2) is 12.4. The minimum absolute atomic E-state index is 0.0773. The van der Waals surface area contributed by atoms with Crippen LogP contribution < -0.4 is 0 Å².